The number of hydrogen-bond donors (Lipinski definition) is 1. The lowest BCUT2D eigenvalue weighted by Gasteiger charge is -2.36. The lowest BCUT2D eigenvalue weighted by atomic mass is 10.2. The van der Waals surface area contributed by atoms with Gasteiger partial charge in [0.05, 0.1) is 10.7 Å². The summed E-state index contributed by atoms with van der Waals surface area (Å²) in [5.41, 5.74) is 2.13. The standard InChI is InChI=1S/C23H24FN5O4S/c24-20-3-7-21(8-4-20)27-11-13-28(14-12-27)23-15-19(9-10-25-23)16-26-34(32,33)17-18-1-5-22(6-2-18)29(30)31/h1-10,15,26H,11-14,16-17H2. The summed E-state index contributed by atoms with van der Waals surface area (Å²) in [7, 11) is -3.63. The van der Waals surface area contributed by atoms with Crippen LogP contribution >= 0.6 is 0 Å². The van der Waals surface area contributed by atoms with Gasteiger partial charge in [0.25, 0.3) is 5.69 Å². The van der Waals surface area contributed by atoms with E-state index in [1.165, 1.54) is 36.4 Å². The fraction of sp³-hybridized carbons (Fsp3) is 0.261. The lowest BCUT2D eigenvalue weighted by Crippen LogP contribution is -2.46. The molecule has 34 heavy (non-hydrogen) atoms. The van der Waals surface area contributed by atoms with Gasteiger partial charge in [0.15, 0.2) is 0 Å². The molecule has 9 nitrogen and oxygen atoms in total. The van der Waals surface area contributed by atoms with E-state index >= 15 is 0 Å². The van der Waals surface area contributed by atoms with Crippen molar-refractivity contribution in [3.63, 3.8) is 0 Å². The van der Waals surface area contributed by atoms with Gasteiger partial charge in [-0.15, -0.1) is 0 Å². The summed E-state index contributed by atoms with van der Waals surface area (Å²) in [5, 5.41) is 10.7. The van der Waals surface area contributed by atoms with Gasteiger partial charge >= 0.3 is 0 Å². The molecule has 2 aromatic carbocycles. The smallest absolute Gasteiger partial charge is 0.269 e. The van der Waals surface area contributed by atoms with Crippen LogP contribution in [0.4, 0.5) is 21.6 Å². The highest BCUT2D eigenvalue weighted by Gasteiger charge is 2.19. The van der Waals surface area contributed by atoms with Crippen LogP contribution in [0.3, 0.4) is 0 Å². The molecule has 0 spiro atoms. The number of aromatic nitrogens is 1. The van der Waals surface area contributed by atoms with Crippen LogP contribution in [0.5, 0.6) is 0 Å². The third-order valence-corrected chi connectivity index (χ3v) is 6.90. The number of nitro benzene ring substituents is 1. The first-order chi connectivity index (χ1) is 16.3. The van der Waals surface area contributed by atoms with Crippen molar-refractivity contribution in [3.05, 3.63) is 93.9 Å². The van der Waals surface area contributed by atoms with Crippen LogP contribution in [0.1, 0.15) is 11.1 Å². The van der Waals surface area contributed by atoms with Crippen molar-refractivity contribution < 1.29 is 17.7 Å². The molecule has 178 valence electrons. The molecular formula is C23H24FN5O4S. The quantitative estimate of drug-likeness (QED) is 0.386. The van der Waals surface area contributed by atoms with Gasteiger partial charge in [-0.25, -0.2) is 22.5 Å². The largest absolute Gasteiger partial charge is 0.368 e. The van der Waals surface area contributed by atoms with E-state index in [-0.39, 0.29) is 23.8 Å². The Morgan fingerprint density at radius 3 is 2.24 bits per heavy atom. The molecule has 2 heterocycles. The molecule has 0 unspecified atom stereocenters. The van der Waals surface area contributed by atoms with Crippen LogP contribution < -0.4 is 14.5 Å². The van der Waals surface area contributed by atoms with Crippen LogP contribution in [-0.4, -0.2) is 44.5 Å². The topological polar surface area (TPSA) is 109 Å². The zero-order valence-corrected chi connectivity index (χ0v) is 19.1. The first-order valence-corrected chi connectivity index (χ1v) is 12.4. The molecule has 1 aliphatic heterocycles. The Bertz CT molecular complexity index is 1250. The normalized spacial score (nSPS) is 14.3. The summed E-state index contributed by atoms with van der Waals surface area (Å²) in [5.74, 6) is 0.242. The summed E-state index contributed by atoms with van der Waals surface area (Å²) in [6.45, 7) is 3.11. The molecule has 0 aliphatic carbocycles. The maximum absolute atomic E-state index is 13.2. The monoisotopic (exact) mass is 485 g/mol. The zero-order valence-electron chi connectivity index (χ0n) is 18.3. The number of non-ortho nitro benzene ring substituents is 1. The van der Waals surface area contributed by atoms with Gasteiger partial charge in [-0.1, -0.05) is 12.1 Å². The van der Waals surface area contributed by atoms with Crippen molar-refractivity contribution in [2.75, 3.05) is 36.0 Å². The summed E-state index contributed by atoms with van der Waals surface area (Å²) < 4.78 is 40.7. The first kappa shape index (κ1) is 23.6. The van der Waals surface area contributed by atoms with Crippen LogP contribution in [0.15, 0.2) is 66.9 Å². The van der Waals surface area contributed by atoms with E-state index in [9.17, 15) is 22.9 Å². The average molecular weight is 486 g/mol. The number of nitrogens with zero attached hydrogens (tertiary/aromatic N) is 4. The number of benzene rings is 2. The van der Waals surface area contributed by atoms with Gasteiger partial charge < -0.3 is 9.80 Å². The minimum Gasteiger partial charge on any atom is -0.368 e. The van der Waals surface area contributed by atoms with Crippen molar-refractivity contribution in [2.24, 2.45) is 0 Å². The molecule has 1 aliphatic rings. The Labute approximate surface area is 197 Å². The minimum absolute atomic E-state index is 0.0862. The number of halogens is 1. The van der Waals surface area contributed by atoms with E-state index in [1.54, 1.807) is 24.4 Å². The van der Waals surface area contributed by atoms with Crippen molar-refractivity contribution in [3.8, 4) is 0 Å². The number of rotatable bonds is 8. The molecular weight excluding hydrogens is 461 g/mol. The molecule has 0 amide bonds. The summed E-state index contributed by atoms with van der Waals surface area (Å²) in [6, 6.07) is 15.5. The van der Waals surface area contributed by atoms with Crippen molar-refractivity contribution in [1.29, 1.82) is 0 Å². The van der Waals surface area contributed by atoms with Crippen LogP contribution in [-0.2, 0) is 22.3 Å². The fourth-order valence-corrected chi connectivity index (χ4v) is 4.89. The third-order valence-electron chi connectivity index (χ3n) is 5.61. The summed E-state index contributed by atoms with van der Waals surface area (Å²) >= 11 is 0. The van der Waals surface area contributed by atoms with E-state index in [0.29, 0.717) is 5.56 Å². The zero-order chi connectivity index (χ0) is 24.1. The Morgan fingerprint density at radius 2 is 1.59 bits per heavy atom. The molecule has 1 saturated heterocycles. The third kappa shape index (κ3) is 6.06. The van der Waals surface area contributed by atoms with Crippen molar-refractivity contribution in [2.45, 2.75) is 12.3 Å². The number of pyridine rings is 1. The van der Waals surface area contributed by atoms with E-state index in [0.717, 1.165) is 43.2 Å². The fourth-order valence-electron chi connectivity index (χ4n) is 3.77. The first-order valence-electron chi connectivity index (χ1n) is 10.7. The van der Waals surface area contributed by atoms with E-state index in [4.69, 9.17) is 0 Å². The van der Waals surface area contributed by atoms with Gasteiger partial charge in [-0.2, -0.15) is 0 Å². The molecule has 11 heteroatoms. The maximum Gasteiger partial charge on any atom is 0.269 e. The Balaban J connectivity index is 1.32. The second-order valence-corrected chi connectivity index (χ2v) is 9.78. The molecule has 4 rings (SSSR count). The van der Waals surface area contributed by atoms with E-state index < -0.39 is 14.9 Å². The van der Waals surface area contributed by atoms with Gasteiger partial charge in [0.1, 0.15) is 11.6 Å². The molecule has 1 aromatic heterocycles. The Hall–Kier alpha value is -3.57. The molecule has 3 aromatic rings. The molecule has 0 radical (unpaired) electrons. The van der Waals surface area contributed by atoms with Crippen LogP contribution in [0.2, 0.25) is 0 Å². The average Bonchev–Trinajstić information content (AvgIpc) is 2.84. The van der Waals surface area contributed by atoms with Gasteiger partial charge in [0, 0.05) is 56.7 Å². The molecule has 0 bridgehead atoms. The molecule has 0 atom stereocenters. The summed E-state index contributed by atoms with van der Waals surface area (Å²) in [4.78, 5) is 19.0. The van der Waals surface area contributed by atoms with Gasteiger partial charge in [0.2, 0.25) is 10.0 Å². The van der Waals surface area contributed by atoms with Gasteiger partial charge in [-0.3, -0.25) is 10.1 Å². The minimum atomic E-state index is -3.63. The number of sulfonamides is 1. The Morgan fingerprint density at radius 1 is 0.941 bits per heavy atom. The molecule has 1 fully saturated rings. The number of anilines is 2. The van der Waals surface area contributed by atoms with E-state index in [1.807, 2.05) is 6.07 Å². The SMILES string of the molecule is O=[N+]([O-])c1ccc(CS(=O)(=O)NCc2ccnc(N3CCN(c4ccc(F)cc4)CC3)c2)cc1. The lowest BCUT2D eigenvalue weighted by molar-refractivity contribution is -0.384. The highest BCUT2D eigenvalue weighted by Crippen LogP contribution is 2.20. The number of nitrogens with one attached hydrogen (secondary N) is 1. The number of nitro groups is 1. The van der Waals surface area contributed by atoms with Gasteiger partial charge in [-0.05, 0) is 47.5 Å². The van der Waals surface area contributed by atoms with Crippen molar-refractivity contribution >= 4 is 27.2 Å². The van der Waals surface area contributed by atoms with Crippen molar-refractivity contribution in [1.82, 2.24) is 9.71 Å². The maximum atomic E-state index is 13.2. The molecule has 1 N–H and O–H groups in total. The second kappa shape index (κ2) is 10.1. The van der Waals surface area contributed by atoms with Crippen LogP contribution in [0.25, 0.3) is 0 Å². The highest BCUT2D eigenvalue weighted by molar-refractivity contribution is 7.88. The number of hydrogen-bond acceptors (Lipinski definition) is 7. The molecule has 0 saturated carbocycles. The van der Waals surface area contributed by atoms with Crippen LogP contribution in [0, 0.1) is 15.9 Å². The highest BCUT2D eigenvalue weighted by atomic mass is 32.2. The second-order valence-electron chi connectivity index (χ2n) is 7.98. The summed E-state index contributed by atoms with van der Waals surface area (Å²) in [6.07, 6.45) is 1.65. The predicted molar refractivity (Wildman–Crippen MR) is 128 cm³/mol. The number of piperazine rings is 1. The van der Waals surface area contributed by atoms with E-state index in [2.05, 4.69) is 19.5 Å². The Kier molecular flexibility index (Phi) is 7.03. The predicted octanol–water partition coefficient (Wildman–Crippen LogP) is 3.08.